The number of carboxylic acids is 1. The zero-order valence-corrected chi connectivity index (χ0v) is 13.7. The Balaban J connectivity index is 1.66. The molecule has 4 nitrogen and oxygen atoms in total. The molecule has 0 bridgehead atoms. The molecule has 21 heavy (non-hydrogen) atoms. The van der Waals surface area contributed by atoms with Crippen LogP contribution in [0.5, 0.6) is 0 Å². The maximum Gasteiger partial charge on any atom is 0.323 e. The average Bonchev–Trinajstić information content (AvgIpc) is 3.30. The quantitative estimate of drug-likeness (QED) is 0.544. The molecule has 2 aliphatic carbocycles. The second-order valence-corrected chi connectivity index (χ2v) is 7.27. The predicted molar refractivity (Wildman–Crippen MR) is 85.5 cm³/mol. The molecule has 0 aliphatic heterocycles. The van der Waals surface area contributed by atoms with Crippen molar-refractivity contribution in [2.45, 2.75) is 64.3 Å². The van der Waals surface area contributed by atoms with E-state index in [0.29, 0.717) is 6.54 Å². The molecule has 4 heteroatoms. The Labute approximate surface area is 129 Å². The Kier molecular flexibility index (Phi) is 6.06. The van der Waals surface area contributed by atoms with Gasteiger partial charge in [0.25, 0.3) is 0 Å². The molecule has 1 atom stereocenters. The number of rotatable bonds is 12. The van der Waals surface area contributed by atoms with Crippen LogP contribution in [0.15, 0.2) is 0 Å². The molecule has 122 valence electrons. The molecule has 0 spiro atoms. The molecule has 0 radical (unpaired) electrons. The van der Waals surface area contributed by atoms with Crippen molar-refractivity contribution in [3.8, 4) is 0 Å². The third kappa shape index (κ3) is 5.95. The number of nitrogens with zero attached hydrogens (tertiary/aromatic N) is 1. The SMILES string of the molecule is CCNC(C)(CCCCN(CC1CC1)CC1CC1)C(=O)O. The molecule has 2 N–H and O–H groups in total. The van der Waals surface area contributed by atoms with E-state index >= 15 is 0 Å². The fourth-order valence-corrected chi connectivity index (χ4v) is 3.06. The summed E-state index contributed by atoms with van der Waals surface area (Å²) in [5, 5.41) is 12.5. The molecule has 0 amide bonds. The van der Waals surface area contributed by atoms with E-state index in [1.54, 1.807) is 0 Å². The maximum absolute atomic E-state index is 11.4. The van der Waals surface area contributed by atoms with Crippen molar-refractivity contribution in [1.29, 1.82) is 0 Å². The average molecular weight is 296 g/mol. The highest BCUT2D eigenvalue weighted by molar-refractivity contribution is 5.78. The number of carboxylic acid groups (broad SMARTS) is 1. The van der Waals surface area contributed by atoms with E-state index in [-0.39, 0.29) is 0 Å². The molecule has 2 rings (SSSR count). The lowest BCUT2D eigenvalue weighted by molar-refractivity contribution is -0.144. The third-order valence-corrected chi connectivity index (χ3v) is 4.87. The molecule has 0 aromatic rings. The number of unbranched alkanes of at least 4 members (excludes halogenated alkanes) is 1. The van der Waals surface area contributed by atoms with Crippen LogP contribution >= 0.6 is 0 Å². The molecular weight excluding hydrogens is 264 g/mol. The third-order valence-electron chi connectivity index (χ3n) is 4.87. The second kappa shape index (κ2) is 7.59. The molecule has 0 heterocycles. The van der Waals surface area contributed by atoms with Crippen molar-refractivity contribution < 1.29 is 9.90 Å². The lowest BCUT2D eigenvalue weighted by atomic mass is 9.95. The van der Waals surface area contributed by atoms with E-state index in [2.05, 4.69) is 10.2 Å². The molecule has 0 saturated heterocycles. The first-order chi connectivity index (χ1) is 10.0. The van der Waals surface area contributed by atoms with E-state index < -0.39 is 11.5 Å². The van der Waals surface area contributed by atoms with Gasteiger partial charge in [0.2, 0.25) is 0 Å². The normalized spacial score (nSPS) is 21.5. The maximum atomic E-state index is 11.4. The summed E-state index contributed by atoms with van der Waals surface area (Å²) in [5.74, 6) is 1.18. The van der Waals surface area contributed by atoms with E-state index in [0.717, 1.165) is 37.6 Å². The first-order valence-corrected chi connectivity index (χ1v) is 8.74. The summed E-state index contributed by atoms with van der Waals surface area (Å²) in [7, 11) is 0. The lowest BCUT2D eigenvalue weighted by Gasteiger charge is -2.27. The fraction of sp³-hybridized carbons (Fsp3) is 0.941. The molecule has 1 unspecified atom stereocenters. The summed E-state index contributed by atoms with van der Waals surface area (Å²) in [6, 6.07) is 0. The van der Waals surface area contributed by atoms with Gasteiger partial charge in [-0.1, -0.05) is 6.92 Å². The highest BCUT2D eigenvalue weighted by Crippen LogP contribution is 2.33. The zero-order chi connectivity index (χ0) is 15.3. The van der Waals surface area contributed by atoms with Gasteiger partial charge in [0, 0.05) is 13.1 Å². The van der Waals surface area contributed by atoms with Gasteiger partial charge in [-0.25, -0.2) is 0 Å². The predicted octanol–water partition coefficient (Wildman–Crippen LogP) is 2.73. The number of nitrogens with one attached hydrogen (secondary N) is 1. The second-order valence-electron chi connectivity index (χ2n) is 7.27. The van der Waals surface area contributed by atoms with Crippen LogP contribution < -0.4 is 5.32 Å². The first kappa shape index (κ1) is 16.8. The molecule has 0 aromatic heterocycles. The number of carbonyl (C=O) groups is 1. The van der Waals surface area contributed by atoms with Crippen molar-refractivity contribution >= 4 is 5.97 Å². The monoisotopic (exact) mass is 296 g/mol. The van der Waals surface area contributed by atoms with Gasteiger partial charge in [-0.05, 0) is 76.8 Å². The number of aliphatic carboxylic acids is 1. The fourth-order valence-electron chi connectivity index (χ4n) is 3.06. The van der Waals surface area contributed by atoms with Crippen LogP contribution in [0.1, 0.15) is 58.8 Å². The summed E-state index contributed by atoms with van der Waals surface area (Å²) in [6.45, 7) is 8.19. The van der Waals surface area contributed by atoms with Gasteiger partial charge in [0.15, 0.2) is 0 Å². The van der Waals surface area contributed by atoms with Crippen LogP contribution in [0.2, 0.25) is 0 Å². The largest absolute Gasteiger partial charge is 0.480 e. The highest BCUT2D eigenvalue weighted by Gasteiger charge is 2.32. The molecular formula is C17H32N2O2. The van der Waals surface area contributed by atoms with E-state index in [9.17, 15) is 9.90 Å². The Hall–Kier alpha value is -0.610. The van der Waals surface area contributed by atoms with E-state index in [4.69, 9.17) is 0 Å². The number of hydrogen-bond donors (Lipinski definition) is 2. The molecule has 2 aliphatic rings. The van der Waals surface area contributed by atoms with Gasteiger partial charge in [-0.15, -0.1) is 0 Å². The summed E-state index contributed by atoms with van der Waals surface area (Å²) in [5.41, 5.74) is -0.757. The zero-order valence-electron chi connectivity index (χ0n) is 13.7. The standard InChI is InChI=1S/C17H32N2O2/c1-3-18-17(2,16(20)21)10-4-5-11-19(12-14-6-7-14)13-15-8-9-15/h14-15,18H,3-13H2,1-2H3,(H,20,21). The Bertz CT molecular complexity index is 326. The van der Waals surface area contributed by atoms with Crippen LogP contribution in [-0.4, -0.2) is 47.7 Å². The summed E-state index contributed by atoms with van der Waals surface area (Å²) in [6.07, 6.45) is 8.49. The minimum absolute atomic E-state index is 0.707. The number of hydrogen-bond acceptors (Lipinski definition) is 3. The molecule has 2 saturated carbocycles. The van der Waals surface area contributed by atoms with Crippen LogP contribution in [0.4, 0.5) is 0 Å². The van der Waals surface area contributed by atoms with Crippen LogP contribution in [0, 0.1) is 11.8 Å². The summed E-state index contributed by atoms with van der Waals surface area (Å²) < 4.78 is 0. The summed E-state index contributed by atoms with van der Waals surface area (Å²) in [4.78, 5) is 14.0. The topological polar surface area (TPSA) is 52.6 Å². The molecule has 0 aromatic carbocycles. The van der Waals surface area contributed by atoms with Gasteiger partial charge in [-0.2, -0.15) is 0 Å². The van der Waals surface area contributed by atoms with Crippen molar-refractivity contribution in [2.24, 2.45) is 11.8 Å². The smallest absolute Gasteiger partial charge is 0.323 e. The minimum atomic E-state index is -0.757. The first-order valence-electron chi connectivity index (χ1n) is 8.74. The lowest BCUT2D eigenvalue weighted by Crippen LogP contribution is -2.49. The van der Waals surface area contributed by atoms with Crippen molar-refractivity contribution in [2.75, 3.05) is 26.2 Å². The van der Waals surface area contributed by atoms with Gasteiger partial charge in [-0.3, -0.25) is 4.79 Å². The van der Waals surface area contributed by atoms with Gasteiger partial charge in [0.05, 0.1) is 0 Å². The van der Waals surface area contributed by atoms with Gasteiger partial charge >= 0.3 is 5.97 Å². The van der Waals surface area contributed by atoms with Gasteiger partial charge in [0.1, 0.15) is 5.54 Å². The van der Waals surface area contributed by atoms with E-state index in [1.807, 2.05) is 13.8 Å². The van der Waals surface area contributed by atoms with Crippen molar-refractivity contribution in [1.82, 2.24) is 10.2 Å². The van der Waals surface area contributed by atoms with Crippen molar-refractivity contribution in [3.63, 3.8) is 0 Å². The van der Waals surface area contributed by atoms with Crippen molar-refractivity contribution in [3.05, 3.63) is 0 Å². The van der Waals surface area contributed by atoms with Crippen LogP contribution in [0.25, 0.3) is 0 Å². The Morgan fingerprint density at radius 1 is 1.19 bits per heavy atom. The van der Waals surface area contributed by atoms with Gasteiger partial charge < -0.3 is 15.3 Å². The highest BCUT2D eigenvalue weighted by atomic mass is 16.4. The Morgan fingerprint density at radius 3 is 2.19 bits per heavy atom. The Morgan fingerprint density at radius 2 is 1.76 bits per heavy atom. The summed E-state index contributed by atoms with van der Waals surface area (Å²) >= 11 is 0. The van der Waals surface area contributed by atoms with Crippen LogP contribution in [-0.2, 0) is 4.79 Å². The van der Waals surface area contributed by atoms with Crippen LogP contribution in [0.3, 0.4) is 0 Å². The number of likely N-dealkylation sites (N-methyl/N-ethyl adjacent to an activating group) is 1. The minimum Gasteiger partial charge on any atom is -0.480 e. The molecule has 2 fully saturated rings. The van der Waals surface area contributed by atoms with E-state index in [1.165, 1.54) is 38.8 Å².